The molecule has 24 heavy (non-hydrogen) atoms. The van der Waals surface area contributed by atoms with Gasteiger partial charge in [-0.3, -0.25) is 5.10 Å². The van der Waals surface area contributed by atoms with Gasteiger partial charge >= 0.3 is 0 Å². The van der Waals surface area contributed by atoms with Crippen molar-refractivity contribution >= 4 is 17.3 Å². The number of anilines is 1. The molecule has 124 valence electrons. The Morgan fingerprint density at radius 3 is 2.88 bits per heavy atom. The van der Waals surface area contributed by atoms with Crippen LogP contribution in [0.15, 0.2) is 48.8 Å². The maximum Gasteiger partial charge on any atom is 0.213 e. The zero-order chi connectivity index (χ0) is 16.8. The molecule has 2 heterocycles. The van der Waals surface area contributed by atoms with Gasteiger partial charge in [-0.25, -0.2) is 4.98 Å². The Kier molecular flexibility index (Phi) is 5.30. The molecule has 0 bridgehead atoms. The van der Waals surface area contributed by atoms with Gasteiger partial charge in [0.1, 0.15) is 6.61 Å². The Labute approximate surface area is 144 Å². The predicted octanol–water partition coefficient (Wildman–Crippen LogP) is 3.11. The topological polar surface area (TPSA) is 83.1 Å². The molecule has 0 aliphatic carbocycles. The van der Waals surface area contributed by atoms with Crippen molar-refractivity contribution in [1.29, 1.82) is 0 Å². The first kappa shape index (κ1) is 16.3. The predicted molar refractivity (Wildman–Crippen MR) is 93.2 cm³/mol. The van der Waals surface area contributed by atoms with Gasteiger partial charge in [-0.2, -0.15) is 5.10 Å². The second kappa shape index (κ2) is 7.81. The van der Waals surface area contributed by atoms with Crippen molar-refractivity contribution in [3.63, 3.8) is 0 Å². The van der Waals surface area contributed by atoms with E-state index in [0.29, 0.717) is 17.4 Å². The molecule has 7 heteroatoms. The van der Waals surface area contributed by atoms with E-state index in [0.717, 1.165) is 22.5 Å². The van der Waals surface area contributed by atoms with Crippen LogP contribution in [0.3, 0.4) is 0 Å². The number of aliphatic hydroxyl groups is 1. The van der Waals surface area contributed by atoms with Crippen molar-refractivity contribution in [3.05, 3.63) is 59.4 Å². The fraction of sp³-hybridized carbons (Fsp3) is 0.176. The number of hydrogen-bond donors (Lipinski definition) is 3. The molecule has 3 N–H and O–H groups in total. The molecule has 0 saturated heterocycles. The molecule has 0 saturated carbocycles. The van der Waals surface area contributed by atoms with Gasteiger partial charge in [0.2, 0.25) is 5.88 Å². The van der Waals surface area contributed by atoms with E-state index in [1.54, 1.807) is 18.5 Å². The summed E-state index contributed by atoms with van der Waals surface area (Å²) in [7, 11) is 0. The fourth-order valence-corrected chi connectivity index (χ4v) is 2.45. The minimum atomic E-state index is -0.0333. The minimum absolute atomic E-state index is 0.0333. The fourth-order valence-electron chi connectivity index (χ4n) is 2.26. The highest BCUT2D eigenvalue weighted by atomic mass is 35.5. The van der Waals surface area contributed by atoms with Crippen molar-refractivity contribution in [2.24, 2.45) is 0 Å². The van der Waals surface area contributed by atoms with Crippen LogP contribution < -0.4 is 10.1 Å². The third kappa shape index (κ3) is 4.04. The highest BCUT2D eigenvalue weighted by Crippen LogP contribution is 2.24. The van der Waals surface area contributed by atoms with Crippen molar-refractivity contribution in [2.75, 3.05) is 18.5 Å². The summed E-state index contributed by atoms with van der Waals surface area (Å²) in [5.41, 5.74) is 3.81. The summed E-state index contributed by atoms with van der Waals surface area (Å²) in [6.45, 7) is 0.795. The number of benzene rings is 1. The lowest BCUT2D eigenvalue weighted by Gasteiger charge is -2.08. The molecule has 0 aliphatic rings. The Bertz CT molecular complexity index is 789. The van der Waals surface area contributed by atoms with E-state index in [1.807, 2.05) is 30.3 Å². The van der Waals surface area contributed by atoms with E-state index < -0.39 is 0 Å². The maximum atomic E-state index is 8.73. The maximum absolute atomic E-state index is 8.73. The molecule has 0 amide bonds. The minimum Gasteiger partial charge on any atom is -0.475 e. The SMILES string of the molecule is OCCOc1ccc(NCc2cn[nH]c2-c2cccc(Cl)c2)cn1. The first-order chi connectivity index (χ1) is 11.8. The quantitative estimate of drug-likeness (QED) is 0.613. The van der Waals surface area contributed by atoms with Crippen molar-refractivity contribution in [3.8, 4) is 17.1 Å². The number of nitrogens with one attached hydrogen (secondary N) is 2. The number of aliphatic hydroxyl groups excluding tert-OH is 1. The normalized spacial score (nSPS) is 10.6. The smallest absolute Gasteiger partial charge is 0.213 e. The van der Waals surface area contributed by atoms with Crippen molar-refractivity contribution in [2.45, 2.75) is 6.54 Å². The van der Waals surface area contributed by atoms with Gasteiger partial charge in [-0.15, -0.1) is 0 Å². The number of rotatable bonds is 7. The molecule has 0 atom stereocenters. The van der Waals surface area contributed by atoms with Crippen LogP contribution in [0.2, 0.25) is 5.02 Å². The van der Waals surface area contributed by atoms with E-state index in [2.05, 4.69) is 20.5 Å². The van der Waals surface area contributed by atoms with E-state index in [-0.39, 0.29) is 13.2 Å². The van der Waals surface area contributed by atoms with E-state index in [9.17, 15) is 0 Å². The first-order valence-corrected chi connectivity index (χ1v) is 7.86. The van der Waals surface area contributed by atoms with E-state index in [1.165, 1.54) is 0 Å². The molecular weight excluding hydrogens is 328 g/mol. The van der Waals surface area contributed by atoms with Gasteiger partial charge in [0.15, 0.2) is 0 Å². The van der Waals surface area contributed by atoms with Gasteiger partial charge in [-0.05, 0) is 18.2 Å². The van der Waals surface area contributed by atoms with E-state index in [4.69, 9.17) is 21.4 Å². The summed E-state index contributed by atoms with van der Waals surface area (Å²) < 4.78 is 5.23. The summed E-state index contributed by atoms with van der Waals surface area (Å²) in [6, 6.07) is 11.3. The third-order valence-electron chi connectivity index (χ3n) is 3.39. The number of pyridine rings is 1. The largest absolute Gasteiger partial charge is 0.475 e. The highest BCUT2D eigenvalue weighted by Gasteiger charge is 2.08. The van der Waals surface area contributed by atoms with Gasteiger partial charge in [0.25, 0.3) is 0 Å². The number of aromatic nitrogens is 3. The molecule has 0 radical (unpaired) electrons. The molecule has 2 aromatic heterocycles. The lowest BCUT2D eigenvalue weighted by molar-refractivity contribution is 0.196. The Balaban J connectivity index is 1.66. The standard InChI is InChI=1S/C17H17ClN4O2/c18-14-3-1-2-12(8-14)17-13(10-21-22-17)9-19-15-4-5-16(20-11-15)24-7-6-23/h1-5,8,10-11,19,23H,6-7,9H2,(H,21,22). The summed E-state index contributed by atoms with van der Waals surface area (Å²) in [6.07, 6.45) is 3.47. The zero-order valence-corrected chi connectivity index (χ0v) is 13.6. The summed E-state index contributed by atoms with van der Waals surface area (Å²) in [5, 5.41) is 19.8. The van der Waals surface area contributed by atoms with Crippen LogP contribution in [0.5, 0.6) is 5.88 Å². The molecule has 0 fully saturated rings. The van der Waals surface area contributed by atoms with Gasteiger partial charge < -0.3 is 15.2 Å². The van der Waals surface area contributed by atoms with Crippen molar-refractivity contribution < 1.29 is 9.84 Å². The second-order valence-corrected chi connectivity index (χ2v) is 5.53. The molecule has 3 rings (SSSR count). The summed E-state index contributed by atoms with van der Waals surface area (Å²) >= 11 is 6.05. The molecule has 6 nitrogen and oxygen atoms in total. The molecule has 1 aromatic carbocycles. The van der Waals surface area contributed by atoms with Crippen LogP contribution in [-0.4, -0.2) is 33.5 Å². The van der Waals surface area contributed by atoms with Crippen LogP contribution >= 0.6 is 11.6 Å². The molecule has 0 spiro atoms. The molecule has 0 unspecified atom stereocenters. The Morgan fingerprint density at radius 2 is 2.12 bits per heavy atom. The second-order valence-electron chi connectivity index (χ2n) is 5.09. The number of halogens is 1. The summed E-state index contributed by atoms with van der Waals surface area (Å²) in [5.74, 6) is 0.484. The van der Waals surface area contributed by atoms with Gasteiger partial charge in [0.05, 0.1) is 30.4 Å². The molecule has 3 aromatic rings. The van der Waals surface area contributed by atoms with Crippen LogP contribution in [0.25, 0.3) is 11.3 Å². The van der Waals surface area contributed by atoms with Gasteiger partial charge in [0, 0.05) is 28.8 Å². The van der Waals surface area contributed by atoms with Crippen LogP contribution in [0.1, 0.15) is 5.56 Å². The Morgan fingerprint density at radius 1 is 1.21 bits per heavy atom. The third-order valence-corrected chi connectivity index (χ3v) is 3.63. The average Bonchev–Trinajstić information content (AvgIpc) is 3.07. The number of H-pyrrole nitrogens is 1. The number of hydrogen-bond acceptors (Lipinski definition) is 5. The number of nitrogens with zero attached hydrogens (tertiary/aromatic N) is 2. The lowest BCUT2D eigenvalue weighted by Crippen LogP contribution is -2.04. The summed E-state index contributed by atoms with van der Waals surface area (Å²) in [4.78, 5) is 4.17. The molecular formula is C17H17ClN4O2. The average molecular weight is 345 g/mol. The van der Waals surface area contributed by atoms with Crippen LogP contribution in [-0.2, 0) is 6.54 Å². The highest BCUT2D eigenvalue weighted by molar-refractivity contribution is 6.30. The van der Waals surface area contributed by atoms with E-state index >= 15 is 0 Å². The molecule has 0 aliphatic heterocycles. The number of aromatic amines is 1. The lowest BCUT2D eigenvalue weighted by atomic mass is 10.1. The Hall–Kier alpha value is -2.57. The zero-order valence-electron chi connectivity index (χ0n) is 12.9. The number of ether oxygens (including phenoxy) is 1. The first-order valence-electron chi connectivity index (χ1n) is 7.48. The van der Waals surface area contributed by atoms with Crippen LogP contribution in [0.4, 0.5) is 5.69 Å². The van der Waals surface area contributed by atoms with Gasteiger partial charge in [-0.1, -0.05) is 23.7 Å². The monoisotopic (exact) mass is 344 g/mol. The van der Waals surface area contributed by atoms with Crippen LogP contribution in [0, 0.1) is 0 Å². The van der Waals surface area contributed by atoms with Crippen molar-refractivity contribution in [1.82, 2.24) is 15.2 Å².